The van der Waals surface area contributed by atoms with Crippen molar-refractivity contribution < 1.29 is 14.3 Å². The monoisotopic (exact) mass is 430 g/mol. The molecule has 2 aromatic rings. The molecular formula is C22H30N4O3S. The van der Waals surface area contributed by atoms with Crippen LogP contribution in [0.15, 0.2) is 40.7 Å². The van der Waals surface area contributed by atoms with Crippen molar-refractivity contribution in [3.05, 3.63) is 46.2 Å². The summed E-state index contributed by atoms with van der Waals surface area (Å²) in [6, 6.07) is 9.62. The fraction of sp³-hybridized carbons (Fsp3) is 0.455. The standard InChI is InChI=1S/C22H30N4O3S/c1-3-23-22(25-12-14-29-19-6-4-18(28-2)5-7-19)24-11-8-21(27)26-13-9-20-17(16-26)10-15-30-20/h4-7,10,15H,3,8-9,11-14,16H2,1-2H3,(H2,23,24,25). The zero-order valence-electron chi connectivity index (χ0n) is 17.6. The number of nitrogens with zero attached hydrogens (tertiary/aromatic N) is 2. The Morgan fingerprint density at radius 3 is 2.77 bits per heavy atom. The average molecular weight is 431 g/mol. The highest BCUT2D eigenvalue weighted by atomic mass is 32.1. The van der Waals surface area contributed by atoms with Gasteiger partial charge in [0.15, 0.2) is 5.96 Å². The van der Waals surface area contributed by atoms with Crippen LogP contribution in [0.2, 0.25) is 0 Å². The number of methoxy groups -OCH3 is 1. The Morgan fingerprint density at radius 2 is 2.00 bits per heavy atom. The molecule has 2 N–H and O–H groups in total. The van der Waals surface area contributed by atoms with Gasteiger partial charge in [0.2, 0.25) is 5.91 Å². The number of carbonyl (C=O) groups excluding carboxylic acids is 1. The van der Waals surface area contributed by atoms with Crippen molar-refractivity contribution >= 4 is 23.2 Å². The Hall–Kier alpha value is -2.74. The van der Waals surface area contributed by atoms with E-state index in [1.807, 2.05) is 36.1 Å². The largest absolute Gasteiger partial charge is 0.497 e. The number of ether oxygens (including phenoxy) is 2. The topological polar surface area (TPSA) is 75.2 Å². The molecule has 0 fully saturated rings. The van der Waals surface area contributed by atoms with Gasteiger partial charge >= 0.3 is 0 Å². The summed E-state index contributed by atoms with van der Waals surface area (Å²) in [7, 11) is 1.64. The maximum absolute atomic E-state index is 12.5. The molecule has 30 heavy (non-hydrogen) atoms. The molecule has 7 nitrogen and oxygen atoms in total. The van der Waals surface area contributed by atoms with Crippen LogP contribution in [0, 0.1) is 0 Å². The molecule has 1 amide bonds. The van der Waals surface area contributed by atoms with Gasteiger partial charge in [-0.25, -0.2) is 0 Å². The van der Waals surface area contributed by atoms with Gasteiger partial charge < -0.3 is 25.0 Å². The van der Waals surface area contributed by atoms with Crippen molar-refractivity contribution in [2.45, 2.75) is 26.3 Å². The summed E-state index contributed by atoms with van der Waals surface area (Å²) in [4.78, 5) is 20.4. The van der Waals surface area contributed by atoms with Crippen LogP contribution in [-0.2, 0) is 17.8 Å². The number of guanidine groups is 1. The molecule has 8 heteroatoms. The predicted molar refractivity (Wildman–Crippen MR) is 121 cm³/mol. The molecule has 0 aliphatic carbocycles. The van der Waals surface area contributed by atoms with E-state index in [0.29, 0.717) is 32.1 Å². The number of hydrogen-bond donors (Lipinski definition) is 2. The minimum atomic E-state index is 0.161. The molecule has 1 aromatic heterocycles. The summed E-state index contributed by atoms with van der Waals surface area (Å²) >= 11 is 1.78. The van der Waals surface area contributed by atoms with Crippen molar-refractivity contribution in [1.82, 2.24) is 15.5 Å². The van der Waals surface area contributed by atoms with Crippen molar-refractivity contribution in [1.29, 1.82) is 0 Å². The minimum Gasteiger partial charge on any atom is -0.497 e. The third-order valence-electron chi connectivity index (χ3n) is 4.82. The number of amides is 1. The molecule has 1 aliphatic rings. The summed E-state index contributed by atoms with van der Waals surface area (Å²) in [6.45, 7) is 5.87. The predicted octanol–water partition coefficient (Wildman–Crippen LogP) is 2.67. The third-order valence-corrected chi connectivity index (χ3v) is 5.85. The summed E-state index contributed by atoms with van der Waals surface area (Å²) in [5, 5.41) is 8.55. The molecule has 0 saturated heterocycles. The zero-order valence-corrected chi connectivity index (χ0v) is 18.5. The summed E-state index contributed by atoms with van der Waals surface area (Å²) < 4.78 is 10.9. The fourth-order valence-electron chi connectivity index (χ4n) is 3.23. The van der Waals surface area contributed by atoms with E-state index in [0.717, 1.165) is 37.6 Å². The van der Waals surface area contributed by atoms with Crippen molar-refractivity contribution in [2.24, 2.45) is 4.99 Å². The highest BCUT2D eigenvalue weighted by molar-refractivity contribution is 7.10. The third kappa shape index (κ3) is 6.38. The Morgan fingerprint density at radius 1 is 1.20 bits per heavy atom. The van der Waals surface area contributed by atoms with Crippen LogP contribution in [0.5, 0.6) is 11.5 Å². The van der Waals surface area contributed by atoms with Gasteiger partial charge in [0, 0.05) is 30.9 Å². The first kappa shape index (κ1) is 22.0. The summed E-state index contributed by atoms with van der Waals surface area (Å²) in [5.74, 6) is 2.45. The van der Waals surface area contributed by atoms with E-state index in [4.69, 9.17) is 9.47 Å². The van der Waals surface area contributed by atoms with Crippen LogP contribution in [0.1, 0.15) is 23.8 Å². The Kier molecular flexibility index (Phi) is 8.38. The lowest BCUT2D eigenvalue weighted by atomic mass is 10.1. The summed E-state index contributed by atoms with van der Waals surface area (Å²) in [5.41, 5.74) is 1.29. The van der Waals surface area contributed by atoms with Crippen molar-refractivity contribution in [2.75, 3.05) is 39.9 Å². The Labute approximate surface area is 182 Å². The zero-order chi connectivity index (χ0) is 21.2. The average Bonchev–Trinajstić information content (AvgIpc) is 3.25. The Bertz CT molecular complexity index is 835. The van der Waals surface area contributed by atoms with Crippen LogP contribution < -0.4 is 20.1 Å². The number of rotatable bonds is 9. The smallest absolute Gasteiger partial charge is 0.224 e. The molecule has 0 radical (unpaired) electrons. The van der Waals surface area contributed by atoms with Gasteiger partial charge in [-0.1, -0.05) is 0 Å². The van der Waals surface area contributed by atoms with Crippen LogP contribution in [0.3, 0.4) is 0 Å². The van der Waals surface area contributed by atoms with Gasteiger partial charge in [0.05, 0.1) is 20.2 Å². The molecule has 0 spiro atoms. The van der Waals surface area contributed by atoms with Gasteiger partial charge in [-0.2, -0.15) is 0 Å². The van der Waals surface area contributed by atoms with Gasteiger partial charge in [-0.3, -0.25) is 9.79 Å². The molecule has 0 saturated carbocycles. The second-order valence-corrected chi connectivity index (χ2v) is 7.90. The van der Waals surface area contributed by atoms with E-state index in [-0.39, 0.29) is 5.91 Å². The van der Waals surface area contributed by atoms with Crippen molar-refractivity contribution in [3.63, 3.8) is 0 Å². The van der Waals surface area contributed by atoms with E-state index in [1.54, 1.807) is 18.4 Å². The second kappa shape index (κ2) is 11.4. The van der Waals surface area contributed by atoms with Gasteiger partial charge in [0.1, 0.15) is 18.1 Å². The Balaban J connectivity index is 1.38. The van der Waals surface area contributed by atoms with Crippen LogP contribution in [0.4, 0.5) is 0 Å². The number of hydrogen-bond acceptors (Lipinski definition) is 5. The molecule has 1 aromatic carbocycles. The van der Waals surface area contributed by atoms with Crippen LogP contribution in [-0.4, -0.2) is 56.7 Å². The van der Waals surface area contributed by atoms with Crippen LogP contribution >= 0.6 is 11.3 Å². The van der Waals surface area contributed by atoms with Crippen molar-refractivity contribution in [3.8, 4) is 11.5 Å². The highest BCUT2D eigenvalue weighted by Crippen LogP contribution is 2.24. The molecule has 0 atom stereocenters. The number of nitrogens with one attached hydrogen (secondary N) is 2. The molecule has 0 bridgehead atoms. The normalized spacial score (nSPS) is 13.5. The number of fused-ring (bicyclic) bond motifs is 1. The first-order chi connectivity index (χ1) is 14.7. The highest BCUT2D eigenvalue weighted by Gasteiger charge is 2.20. The molecule has 1 aliphatic heterocycles. The lowest BCUT2D eigenvalue weighted by Gasteiger charge is -2.26. The molecule has 0 unspecified atom stereocenters. The maximum atomic E-state index is 12.5. The first-order valence-corrected chi connectivity index (χ1v) is 11.2. The first-order valence-electron chi connectivity index (χ1n) is 10.3. The number of benzene rings is 1. The fourth-order valence-corrected chi connectivity index (χ4v) is 4.12. The van der Waals surface area contributed by atoms with E-state index < -0.39 is 0 Å². The van der Waals surface area contributed by atoms with Gasteiger partial charge in [-0.05, 0) is 54.6 Å². The molecule has 2 heterocycles. The van der Waals surface area contributed by atoms with E-state index in [1.165, 1.54) is 10.4 Å². The maximum Gasteiger partial charge on any atom is 0.224 e. The SMILES string of the molecule is CCNC(=NCCC(=O)N1CCc2sccc2C1)NCCOc1ccc(OC)cc1. The number of aliphatic imine (C=N–C) groups is 1. The number of carbonyl (C=O) groups is 1. The van der Waals surface area contributed by atoms with Gasteiger partial charge in [-0.15, -0.1) is 11.3 Å². The van der Waals surface area contributed by atoms with E-state index in [2.05, 4.69) is 27.1 Å². The number of thiophene rings is 1. The quantitative estimate of drug-likeness (QED) is 0.363. The second-order valence-electron chi connectivity index (χ2n) is 6.90. The lowest BCUT2D eigenvalue weighted by Crippen LogP contribution is -2.40. The minimum absolute atomic E-state index is 0.161. The van der Waals surface area contributed by atoms with E-state index >= 15 is 0 Å². The van der Waals surface area contributed by atoms with Gasteiger partial charge in [0.25, 0.3) is 0 Å². The van der Waals surface area contributed by atoms with Crippen LogP contribution in [0.25, 0.3) is 0 Å². The molecule has 3 rings (SSSR count). The molecular weight excluding hydrogens is 400 g/mol. The van der Waals surface area contributed by atoms with E-state index in [9.17, 15) is 4.79 Å². The lowest BCUT2D eigenvalue weighted by molar-refractivity contribution is -0.131. The molecule has 162 valence electrons. The summed E-state index contributed by atoms with van der Waals surface area (Å²) in [6.07, 6.45) is 1.37.